The molecule has 2 saturated carbocycles. The number of hydrogen-bond donors (Lipinski definition) is 3. The second-order valence-electron chi connectivity index (χ2n) is 14.7. The van der Waals surface area contributed by atoms with Gasteiger partial charge in [-0.05, 0) is 68.6 Å². The molecule has 2 aliphatic carbocycles. The molecule has 1 aromatic rings. The average molecular weight is 702 g/mol. The van der Waals surface area contributed by atoms with Crippen LogP contribution in [0.1, 0.15) is 97.5 Å². The molecule has 49 heavy (non-hydrogen) atoms. The van der Waals surface area contributed by atoms with Crippen LogP contribution in [0.5, 0.6) is 5.75 Å². The Labute approximate surface area is 292 Å². The van der Waals surface area contributed by atoms with Crippen molar-refractivity contribution in [1.82, 2.24) is 20.9 Å². The van der Waals surface area contributed by atoms with Crippen molar-refractivity contribution in [2.24, 2.45) is 10.6 Å². The van der Waals surface area contributed by atoms with E-state index in [9.17, 15) is 24.0 Å². The third-order valence-electron chi connectivity index (χ3n) is 9.60. The quantitative estimate of drug-likeness (QED) is 0.275. The number of Topliss-reactive ketones (excluding diaryl/α,β-unsaturated/α-hetero) is 1. The van der Waals surface area contributed by atoms with Crippen LogP contribution in [-0.4, -0.2) is 89.7 Å². The first-order chi connectivity index (χ1) is 23.2. The molecule has 0 unspecified atom stereocenters. The van der Waals surface area contributed by atoms with Gasteiger partial charge < -0.3 is 35.2 Å². The Balaban J connectivity index is 1.41. The van der Waals surface area contributed by atoms with E-state index in [1.54, 1.807) is 18.2 Å². The van der Waals surface area contributed by atoms with Crippen LogP contribution in [0.3, 0.4) is 0 Å². The highest BCUT2D eigenvalue weighted by Gasteiger charge is 2.56. The number of amides is 4. The molecule has 3 N–H and O–H groups in total. The summed E-state index contributed by atoms with van der Waals surface area (Å²) in [5.74, 6) is -2.04. The zero-order valence-corrected chi connectivity index (χ0v) is 29.7. The summed E-state index contributed by atoms with van der Waals surface area (Å²) in [6.07, 6.45) is 5.26. The predicted molar refractivity (Wildman–Crippen MR) is 181 cm³/mol. The number of methoxy groups -OCH3 is 1. The van der Waals surface area contributed by atoms with Crippen LogP contribution >= 0.6 is 11.6 Å². The largest absolute Gasteiger partial charge is 0.496 e. The van der Waals surface area contributed by atoms with Gasteiger partial charge in [0.05, 0.1) is 25.4 Å². The van der Waals surface area contributed by atoms with Crippen molar-refractivity contribution < 1.29 is 38.3 Å². The molecule has 1 aromatic carbocycles. The van der Waals surface area contributed by atoms with Crippen molar-refractivity contribution in [3.63, 3.8) is 0 Å². The van der Waals surface area contributed by atoms with Crippen LogP contribution in [0.15, 0.2) is 23.4 Å². The lowest BCUT2D eigenvalue weighted by Crippen LogP contribution is -2.59. The van der Waals surface area contributed by atoms with Gasteiger partial charge in [-0.2, -0.15) is 0 Å². The molecule has 0 radical (unpaired) electrons. The molecule has 2 aliphatic heterocycles. The Hall–Kier alpha value is -3.87. The van der Waals surface area contributed by atoms with E-state index < -0.39 is 58.7 Å². The van der Waals surface area contributed by atoms with Gasteiger partial charge in [-0.25, -0.2) is 4.79 Å². The summed E-state index contributed by atoms with van der Waals surface area (Å²) in [6.45, 7) is 7.28. The van der Waals surface area contributed by atoms with E-state index in [0.29, 0.717) is 28.5 Å². The minimum atomic E-state index is -1.10. The number of carbonyl (C=O) groups excluding carboxylic acids is 5. The number of alkyl carbamates (subject to hydrolysis) is 1. The highest BCUT2D eigenvalue weighted by Crippen LogP contribution is 2.41. The van der Waals surface area contributed by atoms with Gasteiger partial charge in [0.15, 0.2) is 5.60 Å². The average Bonchev–Trinajstić information content (AvgIpc) is 3.39. The number of oxime groups is 1. The smallest absolute Gasteiger partial charge is 0.408 e. The lowest BCUT2D eigenvalue weighted by Gasteiger charge is -2.35. The summed E-state index contributed by atoms with van der Waals surface area (Å²) in [4.78, 5) is 75.0. The van der Waals surface area contributed by atoms with Crippen molar-refractivity contribution in [3.05, 3.63) is 28.8 Å². The lowest BCUT2D eigenvalue weighted by atomic mass is 9.85. The van der Waals surface area contributed by atoms with Crippen LogP contribution in [-0.2, 0) is 28.8 Å². The van der Waals surface area contributed by atoms with E-state index in [1.165, 1.54) is 12.0 Å². The summed E-state index contributed by atoms with van der Waals surface area (Å²) in [5, 5.41) is 13.1. The van der Waals surface area contributed by atoms with Crippen molar-refractivity contribution in [3.8, 4) is 5.75 Å². The number of hydrogen-bond acceptors (Lipinski definition) is 9. The number of benzene rings is 1. The number of carbonyl (C=O) groups is 5. The van der Waals surface area contributed by atoms with Crippen LogP contribution in [0.25, 0.3) is 0 Å². The van der Waals surface area contributed by atoms with Crippen molar-refractivity contribution in [2.75, 3.05) is 13.7 Å². The Morgan fingerprint density at radius 1 is 1.10 bits per heavy atom. The third kappa shape index (κ3) is 8.66. The number of ketones is 1. The molecule has 13 nitrogen and oxygen atoms in total. The van der Waals surface area contributed by atoms with E-state index >= 15 is 0 Å². The molecule has 268 valence electrons. The normalized spacial score (nSPS) is 23.3. The summed E-state index contributed by atoms with van der Waals surface area (Å²) in [6, 6.07) is 1.88. The van der Waals surface area contributed by atoms with Crippen LogP contribution in [0, 0.1) is 5.41 Å². The monoisotopic (exact) mass is 701 g/mol. The zero-order valence-electron chi connectivity index (χ0n) is 28.9. The molecule has 0 aromatic heterocycles. The third-order valence-corrected chi connectivity index (χ3v) is 9.83. The summed E-state index contributed by atoms with van der Waals surface area (Å²) < 4.78 is 11.2. The van der Waals surface area contributed by atoms with E-state index in [0.717, 1.165) is 38.5 Å². The first-order valence-electron chi connectivity index (χ1n) is 17.2. The van der Waals surface area contributed by atoms with Crippen molar-refractivity contribution in [2.45, 2.75) is 128 Å². The topological polar surface area (TPSA) is 165 Å². The fraction of sp³-hybridized carbons (Fsp3) is 0.657. The van der Waals surface area contributed by atoms with Crippen LogP contribution < -0.4 is 20.7 Å². The van der Waals surface area contributed by atoms with Gasteiger partial charge in [0.25, 0.3) is 5.91 Å². The molecule has 4 amide bonds. The first kappa shape index (κ1) is 36.4. The molecule has 4 atom stereocenters. The number of likely N-dealkylation sites (tertiary alicyclic amines) is 1. The number of nitrogens with zero attached hydrogens (tertiary/aromatic N) is 2. The van der Waals surface area contributed by atoms with Gasteiger partial charge in [-0.1, -0.05) is 50.9 Å². The second-order valence-corrected chi connectivity index (χ2v) is 15.2. The molecule has 1 saturated heterocycles. The molecule has 1 spiro atoms. The molecule has 14 heteroatoms. The van der Waals surface area contributed by atoms with Crippen LogP contribution in [0.2, 0.25) is 5.02 Å². The first-order valence-corrected chi connectivity index (χ1v) is 17.6. The minimum Gasteiger partial charge on any atom is -0.496 e. The van der Waals surface area contributed by atoms with Crippen molar-refractivity contribution >= 4 is 46.9 Å². The number of ether oxygens (including phenoxy) is 2. The van der Waals surface area contributed by atoms with Gasteiger partial charge in [0, 0.05) is 29.5 Å². The molecule has 4 aliphatic rings. The second kappa shape index (κ2) is 14.9. The molecular formula is C35H48ClN5O8. The van der Waals surface area contributed by atoms with E-state index in [2.05, 4.69) is 21.1 Å². The van der Waals surface area contributed by atoms with E-state index in [4.69, 9.17) is 25.9 Å². The lowest BCUT2D eigenvalue weighted by molar-refractivity contribution is -0.144. The van der Waals surface area contributed by atoms with Crippen molar-refractivity contribution in [1.29, 1.82) is 0 Å². The SMILES string of the molecule is CCC[C@H](NC(=O)[C@@H]1C[C@]2(CC(c3cc(Cl)ccc3OC)=NO2)CN1C(=O)[C@@H](NC(=O)OC1CCCC1)C(C)(C)C)C(=O)C(=O)NC1CC1. The maximum Gasteiger partial charge on any atom is 0.408 e. The Morgan fingerprint density at radius 3 is 2.45 bits per heavy atom. The number of nitrogens with one attached hydrogen (secondary N) is 3. The maximum absolute atomic E-state index is 14.5. The summed E-state index contributed by atoms with van der Waals surface area (Å²) in [5.41, 5.74) is -0.705. The number of rotatable bonds is 12. The Morgan fingerprint density at radius 2 is 1.82 bits per heavy atom. The molecule has 5 rings (SSSR count). The molecule has 3 fully saturated rings. The van der Waals surface area contributed by atoms with Gasteiger partial charge >= 0.3 is 6.09 Å². The van der Waals surface area contributed by atoms with E-state index in [-0.39, 0.29) is 38.0 Å². The summed E-state index contributed by atoms with van der Waals surface area (Å²) >= 11 is 6.30. The zero-order chi connectivity index (χ0) is 35.5. The van der Waals surface area contributed by atoms with Gasteiger partial charge in [0.2, 0.25) is 17.6 Å². The maximum atomic E-state index is 14.5. The Kier molecular flexibility index (Phi) is 11.1. The highest BCUT2D eigenvalue weighted by atomic mass is 35.5. The summed E-state index contributed by atoms with van der Waals surface area (Å²) in [7, 11) is 1.53. The highest BCUT2D eigenvalue weighted by molar-refractivity contribution is 6.38. The van der Waals surface area contributed by atoms with Crippen LogP contribution in [0.4, 0.5) is 4.79 Å². The molecular weight excluding hydrogens is 654 g/mol. The minimum absolute atomic E-state index is 0.0220. The predicted octanol–water partition coefficient (Wildman–Crippen LogP) is 4.03. The Bertz CT molecular complexity index is 1480. The fourth-order valence-corrected chi connectivity index (χ4v) is 6.94. The van der Waals surface area contributed by atoms with Gasteiger partial charge in [0.1, 0.15) is 23.9 Å². The molecule has 0 bridgehead atoms. The van der Waals surface area contributed by atoms with Gasteiger partial charge in [-0.15, -0.1) is 0 Å². The number of halogens is 1. The standard InChI is InChI=1S/C35H48ClN5O8/c1-6-9-24(28(42)31(44)37-21-13-14-21)38-30(43)26-18-35(17-25(40-49-35)23-16-20(36)12-15-27(23)47-5)19-41(26)32(45)29(34(2,3)4)39-33(46)48-22-10-7-8-11-22/h12,15-16,21-22,24,26,29H,6-11,13-14,17-19H2,1-5H3,(H,37,44)(H,38,43)(H,39,46)/t24-,26-,29+,35+/m0/s1. The van der Waals surface area contributed by atoms with Gasteiger partial charge in [-0.3, -0.25) is 19.2 Å². The van der Waals surface area contributed by atoms with E-state index in [1.807, 2.05) is 27.7 Å². The molecule has 2 heterocycles. The fourth-order valence-electron chi connectivity index (χ4n) is 6.77.